The lowest BCUT2D eigenvalue weighted by molar-refractivity contribution is -0.191. The summed E-state index contributed by atoms with van der Waals surface area (Å²) in [4.78, 5) is 19.5. The Balaban J connectivity index is 1.24. The zero-order valence-corrected chi connectivity index (χ0v) is 19.8. The first kappa shape index (κ1) is 24.2. The molecule has 2 saturated heterocycles. The van der Waals surface area contributed by atoms with Crippen LogP contribution in [0.15, 0.2) is 10.2 Å². The van der Waals surface area contributed by atoms with Crippen molar-refractivity contribution in [2.24, 2.45) is 33.9 Å². The van der Waals surface area contributed by atoms with E-state index in [2.05, 4.69) is 39.2 Å². The maximum absolute atomic E-state index is 13.0. The van der Waals surface area contributed by atoms with Gasteiger partial charge in [-0.05, 0) is 80.6 Å². The fourth-order valence-electron chi connectivity index (χ4n) is 6.59. The molecule has 0 bridgehead atoms. The number of azo groups is 1. The second-order valence-electron chi connectivity index (χ2n) is 10.6. The van der Waals surface area contributed by atoms with Gasteiger partial charge in [-0.25, -0.2) is 0 Å². The standard InChI is InChI=1S/C24H41FN4O3/c1-16-15-29(12-13-31-16)23-11-8-19(14-26-23)27-28-24(30)22-5-3-4-21(17(22)2)18-6-9-20(32-25)10-7-18/h16-23,26H,3-15H2,1-2H3/t16-,17?,18?,19?,20?,21?,22?,23?/m1/s1. The summed E-state index contributed by atoms with van der Waals surface area (Å²) in [6.45, 7) is 7.84. The largest absolute Gasteiger partial charge is 0.376 e. The Labute approximate surface area is 191 Å². The molecule has 4 fully saturated rings. The highest BCUT2D eigenvalue weighted by atomic mass is 19.3. The summed E-state index contributed by atoms with van der Waals surface area (Å²) in [6, 6.07) is 0.0827. The van der Waals surface area contributed by atoms with Crippen LogP contribution in [0, 0.1) is 23.7 Å². The number of amides is 1. The van der Waals surface area contributed by atoms with Crippen LogP contribution in [0.5, 0.6) is 0 Å². The van der Waals surface area contributed by atoms with Gasteiger partial charge in [-0.1, -0.05) is 13.3 Å². The van der Waals surface area contributed by atoms with Gasteiger partial charge in [0.1, 0.15) is 0 Å². The van der Waals surface area contributed by atoms with Gasteiger partial charge in [-0.2, -0.15) is 10.1 Å². The predicted octanol–water partition coefficient (Wildman–Crippen LogP) is 4.28. The van der Waals surface area contributed by atoms with Gasteiger partial charge in [0, 0.05) is 25.6 Å². The lowest BCUT2D eigenvalue weighted by Crippen LogP contribution is -2.56. The smallest absolute Gasteiger partial charge is 0.267 e. The molecule has 0 radical (unpaired) electrons. The fourth-order valence-corrected chi connectivity index (χ4v) is 6.59. The summed E-state index contributed by atoms with van der Waals surface area (Å²) in [5.41, 5.74) is 0. The Morgan fingerprint density at radius 2 is 1.91 bits per heavy atom. The van der Waals surface area contributed by atoms with Crippen LogP contribution in [0.3, 0.4) is 0 Å². The molecule has 2 aliphatic heterocycles. The summed E-state index contributed by atoms with van der Waals surface area (Å²) in [7, 11) is 0. The molecule has 0 aromatic rings. The van der Waals surface area contributed by atoms with Crippen molar-refractivity contribution in [3.63, 3.8) is 0 Å². The molecular weight excluding hydrogens is 411 g/mol. The van der Waals surface area contributed by atoms with E-state index in [-0.39, 0.29) is 30.1 Å². The molecule has 8 heteroatoms. The fraction of sp³-hybridized carbons (Fsp3) is 0.958. The van der Waals surface area contributed by atoms with Gasteiger partial charge in [-0.15, -0.1) is 5.11 Å². The van der Waals surface area contributed by atoms with Crippen molar-refractivity contribution in [3.05, 3.63) is 0 Å². The molecule has 7 nitrogen and oxygen atoms in total. The number of piperidine rings is 1. The van der Waals surface area contributed by atoms with Gasteiger partial charge in [0.2, 0.25) is 0 Å². The predicted molar refractivity (Wildman–Crippen MR) is 120 cm³/mol. The Morgan fingerprint density at radius 1 is 1.09 bits per heavy atom. The summed E-state index contributed by atoms with van der Waals surface area (Å²) in [5, 5.41) is 12.3. The molecule has 182 valence electrons. The third-order valence-corrected chi connectivity index (χ3v) is 8.53. The van der Waals surface area contributed by atoms with E-state index in [9.17, 15) is 9.32 Å². The van der Waals surface area contributed by atoms with Crippen molar-refractivity contribution in [3.8, 4) is 0 Å². The lowest BCUT2D eigenvalue weighted by atomic mass is 9.64. The van der Waals surface area contributed by atoms with Gasteiger partial charge in [0.25, 0.3) is 5.91 Å². The van der Waals surface area contributed by atoms with Crippen molar-refractivity contribution < 1.29 is 19.0 Å². The summed E-state index contributed by atoms with van der Waals surface area (Å²) < 4.78 is 18.1. The quantitative estimate of drug-likeness (QED) is 0.630. The van der Waals surface area contributed by atoms with Gasteiger partial charge in [-0.3, -0.25) is 15.0 Å². The molecule has 0 aromatic heterocycles. The first-order valence-electron chi connectivity index (χ1n) is 12.9. The molecule has 2 saturated carbocycles. The third kappa shape index (κ3) is 5.93. The van der Waals surface area contributed by atoms with Crippen LogP contribution in [0.25, 0.3) is 0 Å². The second-order valence-corrected chi connectivity index (χ2v) is 10.6. The van der Waals surface area contributed by atoms with E-state index in [1.54, 1.807) is 0 Å². The van der Waals surface area contributed by atoms with Crippen molar-refractivity contribution in [2.45, 2.75) is 96.1 Å². The van der Waals surface area contributed by atoms with Crippen LogP contribution in [0.2, 0.25) is 0 Å². The Hall–Kier alpha value is -0.960. The number of carbonyl (C=O) groups is 1. The van der Waals surface area contributed by atoms with E-state index in [0.29, 0.717) is 23.9 Å². The Kier molecular flexibility index (Phi) is 8.65. The number of hydrogen-bond donors (Lipinski definition) is 1. The first-order valence-corrected chi connectivity index (χ1v) is 12.9. The normalized spacial score (nSPS) is 42.2. The van der Waals surface area contributed by atoms with E-state index in [4.69, 9.17) is 4.74 Å². The number of carbonyl (C=O) groups excluding carboxylic acids is 1. The van der Waals surface area contributed by atoms with Gasteiger partial charge in [0.15, 0.2) is 0 Å². The minimum atomic E-state index is -0.230. The molecular formula is C24H41FN4O3. The van der Waals surface area contributed by atoms with E-state index < -0.39 is 0 Å². The summed E-state index contributed by atoms with van der Waals surface area (Å²) in [6.07, 6.45) is 9.17. The number of nitrogens with zero attached hydrogens (tertiary/aromatic N) is 3. The lowest BCUT2D eigenvalue weighted by Gasteiger charge is -2.41. The minimum absolute atomic E-state index is 0.0215. The maximum atomic E-state index is 13.0. The van der Waals surface area contributed by atoms with Crippen LogP contribution in [0.4, 0.5) is 4.53 Å². The number of hydrogen-bond acceptors (Lipinski definition) is 6. The molecule has 2 aliphatic carbocycles. The van der Waals surface area contributed by atoms with Crippen LogP contribution in [-0.2, 0) is 14.5 Å². The molecule has 0 aromatic carbocycles. The average Bonchev–Trinajstić information content (AvgIpc) is 2.83. The van der Waals surface area contributed by atoms with Crippen LogP contribution >= 0.6 is 0 Å². The van der Waals surface area contributed by atoms with E-state index in [1.807, 2.05) is 0 Å². The molecule has 4 rings (SSSR count). The molecule has 5 unspecified atom stereocenters. The van der Waals surface area contributed by atoms with Crippen molar-refractivity contribution >= 4 is 5.91 Å². The molecule has 4 aliphatic rings. The summed E-state index contributed by atoms with van der Waals surface area (Å²) >= 11 is 0. The average molecular weight is 453 g/mol. The zero-order valence-electron chi connectivity index (χ0n) is 19.8. The highest BCUT2D eigenvalue weighted by molar-refractivity contribution is 5.79. The number of halogens is 1. The van der Waals surface area contributed by atoms with Crippen molar-refractivity contribution in [1.29, 1.82) is 0 Å². The Morgan fingerprint density at radius 3 is 2.59 bits per heavy atom. The molecule has 32 heavy (non-hydrogen) atoms. The second kappa shape index (κ2) is 11.4. The zero-order chi connectivity index (χ0) is 22.5. The van der Waals surface area contributed by atoms with Crippen LogP contribution in [-0.4, -0.2) is 61.5 Å². The van der Waals surface area contributed by atoms with E-state index in [1.165, 1.54) is 6.42 Å². The van der Waals surface area contributed by atoms with Gasteiger partial charge < -0.3 is 4.74 Å². The first-order chi connectivity index (χ1) is 15.5. The number of morpholine rings is 1. The number of rotatable bonds is 5. The molecule has 2 heterocycles. The topological polar surface area (TPSA) is 75.5 Å². The summed E-state index contributed by atoms with van der Waals surface area (Å²) in [5.74, 6) is 1.37. The SMILES string of the molecule is CC1C(C(=O)N=NC2CCC(N3CCO[C@H](C)C3)NC2)CCCC1C1CCC(OF)CC1. The van der Waals surface area contributed by atoms with Crippen molar-refractivity contribution in [1.82, 2.24) is 10.2 Å². The highest BCUT2D eigenvalue weighted by Gasteiger charge is 2.40. The van der Waals surface area contributed by atoms with Crippen LogP contribution in [0.1, 0.15) is 71.6 Å². The molecule has 1 amide bonds. The number of ether oxygens (including phenoxy) is 1. The van der Waals surface area contributed by atoms with Crippen LogP contribution < -0.4 is 5.32 Å². The van der Waals surface area contributed by atoms with Gasteiger partial charge >= 0.3 is 0 Å². The minimum Gasteiger partial charge on any atom is -0.376 e. The maximum Gasteiger partial charge on any atom is 0.267 e. The monoisotopic (exact) mass is 452 g/mol. The molecule has 1 N–H and O–H groups in total. The Bertz CT molecular complexity index is 635. The molecule has 6 atom stereocenters. The third-order valence-electron chi connectivity index (χ3n) is 8.53. The van der Waals surface area contributed by atoms with Gasteiger partial charge in [0.05, 0.1) is 31.0 Å². The highest BCUT2D eigenvalue weighted by Crippen LogP contribution is 2.44. The number of nitrogens with one attached hydrogen (secondary N) is 1. The van der Waals surface area contributed by atoms with E-state index in [0.717, 1.165) is 77.6 Å². The molecule has 0 spiro atoms. The van der Waals surface area contributed by atoms with E-state index >= 15 is 0 Å². The van der Waals surface area contributed by atoms with Crippen molar-refractivity contribution in [2.75, 3.05) is 26.2 Å².